The molecule has 0 atom stereocenters. The first kappa shape index (κ1) is 17.5. The predicted octanol–water partition coefficient (Wildman–Crippen LogP) is 2.66. The summed E-state index contributed by atoms with van der Waals surface area (Å²) in [6, 6.07) is 5.62. The molecule has 1 aromatic carbocycles. The van der Waals surface area contributed by atoms with E-state index >= 15 is 0 Å². The third-order valence-corrected chi connectivity index (χ3v) is 2.39. The number of anilines is 1. The number of nitrogens with one attached hydrogen (secondary N) is 2. The van der Waals surface area contributed by atoms with Crippen LogP contribution in [0.2, 0.25) is 0 Å². The summed E-state index contributed by atoms with van der Waals surface area (Å²) in [5, 5.41) is 5.47. The van der Waals surface area contributed by atoms with Gasteiger partial charge in [-0.05, 0) is 31.5 Å². The average molecular weight is 317 g/mol. The monoisotopic (exact) mass is 317 g/mol. The van der Waals surface area contributed by atoms with Crippen molar-refractivity contribution in [2.75, 3.05) is 11.9 Å². The maximum atomic E-state index is 12.2. The van der Waals surface area contributed by atoms with E-state index in [-0.39, 0.29) is 12.3 Å². The summed E-state index contributed by atoms with van der Waals surface area (Å²) >= 11 is 0. The molecule has 0 spiro atoms. The van der Waals surface area contributed by atoms with Crippen LogP contribution in [0.4, 0.5) is 23.7 Å². The summed E-state index contributed by atoms with van der Waals surface area (Å²) in [4.78, 5) is 21.9. The van der Waals surface area contributed by atoms with Crippen molar-refractivity contribution in [3.05, 3.63) is 29.8 Å². The molecular formula is C13H14F3N3O3. The van der Waals surface area contributed by atoms with Crippen molar-refractivity contribution < 1.29 is 27.5 Å². The number of halogens is 3. The zero-order valence-corrected chi connectivity index (χ0v) is 11.8. The highest BCUT2D eigenvalue weighted by atomic mass is 19.4. The quantitative estimate of drug-likeness (QED) is 0.662. The number of hydrogen-bond acceptors (Lipinski definition) is 4. The van der Waals surface area contributed by atoms with Gasteiger partial charge in [0.1, 0.15) is 0 Å². The van der Waals surface area contributed by atoms with Crippen molar-refractivity contribution in [3.8, 4) is 0 Å². The number of alkyl halides is 3. The number of rotatable bonds is 4. The molecule has 9 heteroatoms. The molecule has 0 saturated heterocycles. The largest absolute Gasteiger partial charge is 0.471 e. The number of carbonyl (C=O) groups excluding carboxylic acids is 2. The molecule has 0 radical (unpaired) electrons. The predicted molar refractivity (Wildman–Crippen MR) is 73.5 cm³/mol. The van der Waals surface area contributed by atoms with Crippen molar-refractivity contribution in [2.45, 2.75) is 20.0 Å². The Labute approximate surface area is 124 Å². The molecule has 120 valence electrons. The Morgan fingerprint density at radius 1 is 1.32 bits per heavy atom. The highest BCUT2D eigenvalue weighted by Crippen LogP contribution is 2.19. The van der Waals surface area contributed by atoms with Gasteiger partial charge in [-0.1, -0.05) is 12.1 Å². The lowest BCUT2D eigenvalue weighted by molar-refractivity contribution is -0.167. The van der Waals surface area contributed by atoms with Gasteiger partial charge in [-0.15, -0.1) is 0 Å². The van der Waals surface area contributed by atoms with Crippen molar-refractivity contribution in [1.29, 1.82) is 0 Å². The first-order valence-electron chi connectivity index (χ1n) is 6.19. The lowest BCUT2D eigenvalue weighted by Crippen LogP contribution is -2.29. The van der Waals surface area contributed by atoms with Crippen LogP contribution in [0.15, 0.2) is 29.4 Å². The Kier molecular flexibility index (Phi) is 5.90. The molecule has 6 nitrogen and oxygen atoms in total. The summed E-state index contributed by atoms with van der Waals surface area (Å²) in [5.74, 6) is -2.07. The lowest BCUT2D eigenvalue weighted by atomic mass is 10.1. The number of nitrogens with zero attached hydrogens (tertiary/aromatic N) is 1. The molecule has 0 bridgehead atoms. The van der Waals surface area contributed by atoms with E-state index in [1.807, 2.05) is 0 Å². The Hall–Kier alpha value is -2.58. The molecular weight excluding hydrogens is 303 g/mol. The van der Waals surface area contributed by atoms with E-state index in [0.29, 0.717) is 11.3 Å². The van der Waals surface area contributed by atoms with E-state index in [9.17, 15) is 22.8 Å². The first-order valence-corrected chi connectivity index (χ1v) is 6.19. The molecule has 22 heavy (non-hydrogen) atoms. The highest BCUT2D eigenvalue weighted by Gasteiger charge is 2.38. The summed E-state index contributed by atoms with van der Waals surface area (Å²) in [6.07, 6.45) is -5.71. The molecule has 0 unspecified atom stereocenters. The van der Waals surface area contributed by atoms with Gasteiger partial charge in [-0.25, -0.2) is 10.2 Å². The molecule has 1 rings (SSSR count). The van der Waals surface area contributed by atoms with Gasteiger partial charge in [0.2, 0.25) is 0 Å². The molecule has 0 heterocycles. The van der Waals surface area contributed by atoms with Gasteiger partial charge >= 0.3 is 18.2 Å². The van der Waals surface area contributed by atoms with Crippen LogP contribution >= 0.6 is 0 Å². The van der Waals surface area contributed by atoms with E-state index in [4.69, 9.17) is 0 Å². The van der Waals surface area contributed by atoms with Crippen LogP contribution in [0.3, 0.4) is 0 Å². The third kappa shape index (κ3) is 5.43. The van der Waals surface area contributed by atoms with E-state index in [1.54, 1.807) is 18.3 Å². The first-order chi connectivity index (χ1) is 10.2. The molecule has 0 saturated carbocycles. The van der Waals surface area contributed by atoms with E-state index < -0.39 is 18.2 Å². The Morgan fingerprint density at radius 3 is 2.59 bits per heavy atom. The lowest BCUT2D eigenvalue weighted by Gasteiger charge is -2.09. The van der Waals surface area contributed by atoms with Crippen molar-refractivity contribution >= 4 is 23.4 Å². The van der Waals surface area contributed by atoms with Crippen LogP contribution in [0.5, 0.6) is 0 Å². The standard InChI is InChI=1S/C13H14F3N3O3/c1-3-22-12(21)19-18-8(2)9-5-4-6-10(7-9)17-11(20)13(14,15)16/h4-7H,3H2,1-2H3,(H,17,20)(H,19,21). The second-order valence-corrected chi connectivity index (χ2v) is 4.06. The molecule has 1 aromatic rings. The molecule has 0 aliphatic heterocycles. The van der Waals surface area contributed by atoms with Gasteiger partial charge < -0.3 is 10.1 Å². The Balaban J connectivity index is 2.81. The van der Waals surface area contributed by atoms with E-state index in [1.165, 1.54) is 25.1 Å². The van der Waals surface area contributed by atoms with Gasteiger partial charge in [0, 0.05) is 5.69 Å². The number of carbonyl (C=O) groups is 2. The number of ether oxygens (including phenoxy) is 1. The van der Waals surface area contributed by atoms with Crippen LogP contribution in [0.25, 0.3) is 0 Å². The van der Waals surface area contributed by atoms with Crippen LogP contribution in [0.1, 0.15) is 19.4 Å². The fourth-order valence-electron chi connectivity index (χ4n) is 1.38. The smallest absolute Gasteiger partial charge is 0.449 e. The van der Waals surface area contributed by atoms with Gasteiger partial charge in [0.05, 0.1) is 12.3 Å². The van der Waals surface area contributed by atoms with Crippen LogP contribution in [-0.2, 0) is 9.53 Å². The number of hydrazone groups is 1. The third-order valence-electron chi connectivity index (χ3n) is 2.39. The highest BCUT2D eigenvalue weighted by molar-refractivity contribution is 6.01. The minimum atomic E-state index is -4.97. The van der Waals surface area contributed by atoms with Gasteiger partial charge in [0.25, 0.3) is 0 Å². The number of hydrogen-bond donors (Lipinski definition) is 2. The fourth-order valence-corrected chi connectivity index (χ4v) is 1.38. The van der Waals surface area contributed by atoms with Crippen LogP contribution in [0, 0.1) is 0 Å². The zero-order chi connectivity index (χ0) is 16.8. The van der Waals surface area contributed by atoms with Crippen molar-refractivity contribution in [2.24, 2.45) is 5.10 Å². The second kappa shape index (κ2) is 7.43. The summed E-state index contributed by atoms with van der Waals surface area (Å²) in [6.45, 7) is 3.35. The molecule has 0 fully saturated rings. The summed E-state index contributed by atoms with van der Waals surface area (Å²) < 4.78 is 41.1. The normalized spacial score (nSPS) is 11.8. The van der Waals surface area contributed by atoms with Crippen LogP contribution < -0.4 is 10.7 Å². The maximum absolute atomic E-state index is 12.2. The SMILES string of the molecule is CCOC(=O)NN=C(C)c1cccc(NC(=O)C(F)(F)F)c1. The molecule has 2 amide bonds. The summed E-state index contributed by atoms with van der Waals surface area (Å²) in [5.41, 5.74) is 2.85. The summed E-state index contributed by atoms with van der Waals surface area (Å²) in [7, 11) is 0. The number of amides is 2. The average Bonchev–Trinajstić information content (AvgIpc) is 2.44. The molecule has 2 N–H and O–H groups in total. The Bertz CT molecular complexity index is 585. The minimum absolute atomic E-state index is 0.0366. The molecule has 0 aliphatic carbocycles. The van der Waals surface area contributed by atoms with Crippen molar-refractivity contribution in [1.82, 2.24) is 5.43 Å². The maximum Gasteiger partial charge on any atom is 0.471 e. The van der Waals surface area contributed by atoms with E-state index in [2.05, 4.69) is 15.3 Å². The van der Waals surface area contributed by atoms with Crippen LogP contribution in [-0.4, -0.2) is 30.5 Å². The van der Waals surface area contributed by atoms with Gasteiger partial charge in [-0.2, -0.15) is 18.3 Å². The van der Waals surface area contributed by atoms with Gasteiger partial charge in [-0.3, -0.25) is 4.79 Å². The second-order valence-electron chi connectivity index (χ2n) is 4.06. The molecule has 0 aromatic heterocycles. The Morgan fingerprint density at radius 2 is 2.00 bits per heavy atom. The van der Waals surface area contributed by atoms with Gasteiger partial charge in [0.15, 0.2) is 0 Å². The minimum Gasteiger partial charge on any atom is -0.449 e. The zero-order valence-electron chi connectivity index (χ0n) is 11.8. The topological polar surface area (TPSA) is 79.8 Å². The fraction of sp³-hybridized carbons (Fsp3) is 0.308. The number of benzene rings is 1. The molecule has 0 aliphatic rings. The van der Waals surface area contributed by atoms with E-state index in [0.717, 1.165) is 0 Å². The van der Waals surface area contributed by atoms with Crippen molar-refractivity contribution in [3.63, 3.8) is 0 Å².